The Labute approximate surface area is 213 Å². The van der Waals surface area contributed by atoms with Crippen molar-refractivity contribution in [2.24, 2.45) is 0 Å². The fourth-order valence-corrected chi connectivity index (χ4v) is 4.47. The van der Waals surface area contributed by atoms with E-state index >= 15 is 0 Å². The lowest BCUT2D eigenvalue weighted by atomic mass is 10.1. The Bertz CT molecular complexity index is 1100. The molecule has 1 aromatic heterocycles. The van der Waals surface area contributed by atoms with Gasteiger partial charge < -0.3 is 14.6 Å². The Morgan fingerprint density at radius 2 is 1.81 bits per heavy atom. The summed E-state index contributed by atoms with van der Waals surface area (Å²) in [5, 5.41) is 15.7. The third-order valence-electron chi connectivity index (χ3n) is 6.77. The van der Waals surface area contributed by atoms with E-state index in [2.05, 4.69) is 23.6 Å². The van der Waals surface area contributed by atoms with Gasteiger partial charge in [0.25, 0.3) is 0 Å². The topological polar surface area (TPSA) is 63.0 Å². The van der Waals surface area contributed by atoms with Crippen molar-refractivity contribution in [2.75, 3.05) is 39.4 Å². The van der Waals surface area contributed by atoms with Gasteiger partial charge in [0.15, 0.2) is 11.6 Å². The van der Waals surface area contributed by atoms with Crippen molar-refractivity contribution in [1.82, 2.24) is 19.6 Å². The van der Waals surface area contributed by atoms with Crippen molar-refractivity contribution >= 4 is 0 Å². The van der Waals surface area contributed by atoms with E-state index in [1.54, 1.807) is 22.9 Å². The lowest BCUT2D eigenvalue weighted by molar-refractivity contribution is 0.00243. The normalized spacial score (nSPS) is 16.3. The van der Waals surface area contributed by atoms with Crippen LogP contribution in [0.4, 0.5) is 4.39 Å². The van der Waals surface area contributed by atoms with E-state index in [-0.39, 0.29) is 11.8 Å². The third-order valence-corrected chi connectivity index (χ3v) is 6.77. The minimum atomic E-state index is -0.502. The zero-order valence-electron chi connectivity index (χ0n) is 21.4. The van der Waals surface area contributed by atoms with Crippen LogP contribution in [0.3, 0.4) is 0 Å². The Balaban J connectivity index is 1.63. The van der Waals surface area contributed by atoms with E-state index in [0.29, 0.717) is 38.7 Å². The molecule has 194 valence electrons. The minimum Gasteiger partial charge on any atom is -0.435 e. The summed E-state index contributed by atoms with van der Waals surface area (Å²) in [6.45, 7) is 11.0. The van der Waals surface area contributed by atoms with Crippen LogP contribution in [0.15, 0.2) is 54.6 Å². The lowest BCUT2D eigenvalue weighted by Crippen LogP contribution is -2.46. The molecule has 7 nitrogen and oxygen atoms in total. The number of aryl methyl sites for hydroxylation is 1. The minimum absolute atomic E-state index is 0.151. The molecule has 0 spiro atoms. The second-order valence-corrected chi connectivity index (χ2v) is 9.40. The van der Waals surface area contributed by atoms with Crippen molar-refractivity contribution in [3.8, 4) is 17.3 Å². The van der Waals surface area contributed by atoms with Gasteiger partial charge in [-0.05, 0) is 44.5 Å². The van der Waals surface area contributed by atoms with Crippen molar-refractivity contribution in [2.45, 2.75) is 45.9 Å². The van der Waals surface area contributed by atoms with Gasteiger partial charge in [0.1, 0.15) is 0 Å². The van der Waals surface area contributed by atoms with Crippen LogP contribution in [0, 0.1) is 12.7 Å². The van der Waals surface area contributed by atoms with Gasteiger partial charge >= 0.3 is 0 Å². The first-order chi connectivity index (χ1) is 17.5. The Kier molecular flexibility index (Phi) is 9.09. The molecule has 0 bridgehead atoms. The number of ether oxygens (including phenoxy) is 2. The molecule has 2 heterocycles. The maximum absolute atomic E-state index is 14.6. The summed E-state index contributed by atoms with van der Waals surface area (Å²) in [5.41, 5.74) is 2.52. The molecule has 0 saturated carbocycles. The summed E-state index contributed by atoms with van der Waals surface area (Å²) in [6, 6.07) is 16.3. The first-order valence-corrected chi connectivity index (χ1v) is 12.7. The number of benzene rings is 2. The van der Waals surface area contributed by atoms with Crippen molar-refractivity contribution in [1.29, 1.82) is 0 Å². The summed E-state index contributed by atoms with van der Waals surface area (Å²) < 4.78 is 27.9. The molecule has 1 N–H and O–H groups in total. The number of hydrogen-bond donors (Lipinski definition) is 1. The van der Waals surface area contributed by atoms with Gasteiger partial charge in [-0.2, -0.15) is 5.10 Å². The number of aliphatic hydroxyl groups excluding tert-OH is 1. The van der Waals surface area contributed by atoms with Crippen LogP contribution in [-0.2, 0) is 11.3 Å². The molecule has 0 aliphatic carbocycles. The standard InChI is InChI=1S/C28H37FN4O3/c1-4-21(2)32(19-24(34)18-31-14-16-35-17-15-31)20-25-22(3)30-33(23-10-6-5-7-11-23)28(25)36-27-13-9-8-12-26(27)29/h5-13,21,24,34H,4,14-20H2,1-3H3/t21-,24-/m1/s1. The highest BCUT2D eigenvalue weighted by Gasteiger charge is 2.26. The molecule has 0 radical (unpaired) electrons. The summed E-state index contributed by atoms with van der Waals surface area (Å²) in [4.78, 5) is 4.51. The number of rotatable bonds is 11. The van der Waals surface area contributed by atoms with E-state index < -0.39 is 11.9 Å². The third kappa shape index (κ3) is 6.50. The summed E-state index contributed by atoms with van der Waals surface area (Å²) in [7, 11) is 0. The monoisotopic (exact) mass is 496 g/mol. The zero-order valence-corrected chi connectivity index (χ0v) is 21.4. The van der Waals surface area contributed by atoms with Crippen LogP contribution in [-0.4, -0.2) is 76.2 Å². The molecule has 36 heavy (non-hydrogen) atoms. The zero-order chi connectivity index (χ0) is 25.5. The van der Waals surface area contributed by atoms with Gasteiger partial charge in [0.2, 0.25) is 5.88 Å². The van der Waals surface area contributed by atoms with Crippen molar-refractivity contribution in [3.63, 3.8) is 0 Å². The Morgan fingerprint density at radius 1 is 1.11 bits per heavy atom. The van der Waals surface area contributed by atoms with Crippen LogP contribution in [0.2, 0.25) is 0 Å². The molecule has 0 unspecified atom stereocenters. The molecule has 1 aliphatic rings. The number of morpholine rings is 1. The predicted octanol–water partition coefficient (Wildman–Crippen LogP) is 4.41. The van der Waals surface area contributed by atoms with Crippen LogP contribution in [0.25, 0.3) is 5.69 Å². The summed E-state index contributed by atoms with van der Waals surface area (Å²) in [5.74, 6) is 0.208. The highest BCUT2D eigenvalue weighted by molar-refractivity contribution is 5.43. The molecule has 3 aromatic rings. The van der Waals surface area contributed by atoms with Crippen molar-refractivity contribution in [3.05, 3.63) is 71.7 Å². The first kappa shape index (κ1) is 26.3. The van der Waals surface area contributed by atoms with Gasteiger partial charge in [0.05, 0.1) is 36.3 Å². The highest BCUT2D eigenvalue weighted by Crippen LogP contribution is 2.33. The number of β-amino-alcohol motifs (C(OH)–C–C–N with tert-alkyl or cyclic N) is 1. The number of hydrogen-bond acceptors (Lipinski definition) is 6. The molecular weight excluding hydrogens is 459 g/mol. The van der Waals surface area contributed by atoms with Crippen LogP contribution >= 0.6 is 0 Å². The van der Waals surface area contributed by atoms with Crippen LogP contribution in [0.5, 0.6) is 11.6 Å². The second-order valence-electron chi connectivity index (χ2n) is 9.40. The first-order valence-electron chi connectivity index (χ1n) is 12.7. The molecule has 1 fully saturated rings. The molecule has 4 rings (SSSR count). The molecule has 2 atom stereocenters. The largest absolute Gasteiger partial charge is 0.435 e. The van der Waals surface area contributed by atoms with E-state index in [0.717, 1.165) is 36.5 Å². The molecule has 8 heteroatoms. The Morgan fingerprint density at radius 3 is 2.50 bits per heavy atom. The predicted molar refractivity (Wildman–Crippen MR) is 138 cm³/mol. The van der Waals surface area contributed by atoms with Gasteiger partial charge in [-0.15, -0.1) is 0 Å². The number of halogens is 1. The number of para-hydroxylation sites is 2. The van der Waals surface area contributed by atoms with Crippen molar-refractivity contribution < 1.29 is 19.0 Å². The molecule has 1 saturated heterocycles. The second kappa shape index (κ2) is 12.5. The fraction of sp³-hybridized carbons (Fsp3) is 0.464. The SMILES string of the molecule is CC[C@@H](C)N(Cc1c(C)nn(-c2ccccc2)c1Oc1ccccc1F)C[C@H](O)CN1CCOCC1. The average Bonchev–Trinajstić information content (AvgIpc) is 3.20. The lowest BCUT2D eigenvalue weighted by Gasteiger charge is -2.33. The highest BCUT2D eigenvalue weighted by atomic mass is 19.1. The van der Waals surface area contributed by atoms with E-state index in [1.165, 1.54) is 6.07 Å². The summed E-state index contributed by atoms with van der Waals surface area (Å²) >= 11 is 0. The molecule has 1 aliphatic heterocycles. The van der Waals surface area contributed by atoms with E-state index in [4.69, 9.17) is 14.6 Å². The van der Waals surface area contributed by atoms with E-state index in [9.17, 15) is 9.50 Å². The van der Waals surface area contributed by atoms with Crippen LogP contribution < -0.4 is 4.74 Å². The van der Waals surface area contributed by atoms with Gasteiger partial charge in [-0.1, -0.05) is 37.3 Å². The fourth-order valence-electron chi connectivity index (χ4n) is 4.47. The smallest absolute Gasteiger partial charge is 0.227 e. The average molecular weight is 497 g/mol. The number of aromatic nitrogens is 2. The number of aliphatic hydroxyl groups is 1. The van der Waals surface area contributed by atoms with Crippen LogP contribution in [0.1, 0.15) is 31.5 Å². The van der Waals surface area contributed by atoms with Gasteiger partial charge in [-0.25, -0.2) is 9.07 Å². The molecule has 2 aromatic carbocycles. The molecule has 0 amide bonds. The maximum Gasteiger partial charge on any atom is 0.227 e. The Hall–Kier alpha value is -2.78. The summed E-state index contributed by atoms with van der Waals surface area (Å²) in [6.07, 6.45) is 0.428. The maximum atomic E-state index is 14.6. The number of nitrogens with zero attached hydrogens (tertiary/aromatic N) is 4. The quantitative estimate of drug-likeness (QED) is 0.425. The molecular formula is C28H37FN4O3. The van der Waals surface area contributed by atoms with E-state index in [1.807, 2.05) is 37.3 Å². The van der Waals surface area contributed by atoms with Gasteiger partial charge in [-0.3, -0.25) is 9.80 Å². The van der Waals surface area contributed by atoms with Gasteiger partial charge in [0, 0.05) is 38.8 Å².